The molecule has 0 saturated heterocycles. The standard InChI is InChI=1S/C22H18O2/c1-22(2)14-20(18-11-5-6-12-19(18)21(23)24-22)17-13-7-9-15-8-3-4-10-16(15)17/h3-14H,1-2H3. The van der Waals surface area contributed by atoms with Gasteiger partial charge in [0.15, 0.2) is 0 Å². The molecule has 0 unspecified atom stereocenters. The molecule has 0 atom stereocenters. The van der Waals surface area contributed by atoms with Gasteiger partial charge in [0.1, 0.15) is 5.60 Å². The van der Waals surface area contributed by atoms with E-state index < -0.39 is 5.60 Å². The van der Waals surface area contributed by atoms with Crippen LogP contribution in [0.4, 0.5) is 0 Å². The fraction of sp³-hybridized carbons (Fsp3) is 0.136. The molecule has 3 aromatic rings. The van der Waals surface area contributed by atoms with E-state index in [2.05, 4.69) is 36.4 Å². The lowest BCUT2D eigenvalue weighted by Crippen LogP contribution is -2.24. The summed E-state index contributed by atoms with van der Waals surface area (Å²) in [6, 6.07) is 22.2. The average Bonchev–Trinajstić information content (AvgIpc) is 2.68. The minimum atomic E-state index is -0.664. The summed E-state index contributed by atoms with van der Waals surface area (Å²) >= 11 is 0. The maximum atomic E-state index is 12.5. The van der Waals surface area contributed by atoms with Crippen molar-refractivity contribution >= 4 is 22.3 Å². The largest absolute Gasteiger partial charge is 0.452 e. The van der Waals surface area contributed by atoms with E-state index in [1.54, 1.807) is 0 Å². The van der Waals surface area contributed by atoms with Gasteiger partial charge in [-0.1, -0.05) is 60.7 Å². The first-order valence-electron chi connectivity index (χ1n) is 8.09. The van der Waals surface area contributed by atoms with Gasteiger partial charge in [0.2, 0.25) is 0 Å². The lowest BCUT2D eigenvalue weighted by atomic mass is 9.89. The van der Waals surface area contributed by atoms with Crippen LogP contribution in [0.3, 0.4) is 0 Å². The van der Waals surface area contributed by atoms with Crippen molar-refractivity contribution in [2.24, 2.45) is 0 Å². The molecule has 0 fully saturated rings. The van der Waals surface area contributed by atoms with E-state index in [4.69, 9.17) is 4.74 Å². The first-order valence-corrected chi connectivity index (χ1v) is 8.09. The van der Waals surface area contributed by atoms with Gasteiger partial charge in [0.05, 0.1) is 5.56 Å². The first kappa shape index (κ1) is 14.7. The van der Waals surface area contributed by atoms with Crippen LogP contribution in [0.2, 0.25) is 0 Å². The van der Waals surface area contributed by atoms with Crippen molar-refractivity contribution in [3.63, 3.8) is 0 Å². The van der Waals surface area contributed by atoms with Crippen molar-refractivity contribution in [1.29, 1.82) is 0 Å². The molecule has 24 heavy (non-hydrogen) atoms. The molecule has 1 heterocycles. The Morgan fingerprint density at radius 2 is 1.38 bits per heavy atom. The van der Waals surface area contributed by atoms with E-state index in [9.17, 15) is 4.79 Å². The van der Waals surface area contributed by atoms with Crippen LogP contribution >= 0.6 is 0 Å². The normalized spacial score (nSPS) is 16.1. The fourth-order valence-corrected chi connectivity index (χ4v) is 3.33. The molecule has 0 saturated carbocycles. The van der Waals surface area contributed by atoms with Crippen molar-refractivity contribution in [2.75, 3.05) is 0 Å². The third-order valence-corrected chi connectivity index (χ3v) is 4.36. The SMILES string of the molecule is CC1(C)C=C(c2cccc3ccccc23)c2ccccc2C(=O)O1. The van der Waals surface area contributed by atoms with E-state index in [0.717, 1.165) is 16.7 Å². The lowest BCUT2D eigenvalue weighted by molar-refractivity contribution is 0.0181. The molecule has 0 spiro atoms. The Hall–Kier alpha value is -2.87. The molecule has 0 aromatic heterocycles. The molecule has 1 aliphatic heterocycles. The van der Waals surface area contributed by atoms with Gasteiger partial charge in [-0.05, 0) is 53.5 Å². The van der Waals surface area contributed by atoms with Crippen LogP contribution in [0.5, 0.6) is 0 Å². The van der Waals surface area contributed by atoms with E-state index in [0.29, 0.717) is 5.56 Å². The van der Waals surface area contributed by atoms with E-state index >= 15 is 0 Å². The third-order valence-electron chi connectivity index (χ3n) is 4.36. The molecule has 3 aromatic carbocycles. The average molecular weight is 314 g/mol. The summed E-state index contributed by atoms with van der Waals surface area (Å²) in [6.07, 6.45) is 2.05. The first-order chi connectivity index (χ1) is 11.6. The molecular weight excluding hydrogens is 296 g/mol. The molecule has 118 valence electrons. The molecule has 1 aliphatic rings. The second kappa shape index (κ2) is 5.34. The van der Waals surface area contributed by atoms with Crippen molar-refractivity contribution in [3.8, 4) is 0 Å². The highest BCUT2D eigenvalue weighted by molar-refractivity contribution is 6.04. The molecular formula is C22H18O2. The topological polar surface area (TPSA) is 26.3 Å². The maximum Gasteiger partial charge on any atom is 0.339 e. The Balaban J connectivity index is 2.06. The zero-order valence-electron chi connectivity index (χ0n) is 13.7. The van der Waals surface area contributed by atoms with Crippen molar-refractivity contribution in [1.82, 2.24) is 0 Å². The predicted octanol–water partition coefficient (Wildman–Crippen LogP) is 5.22. The fourth-order valence-electron chi connectivity index (χ4n) is 3.33. The van der Waals surface area contributed by atoms with E-state index in [1.165, 1.54) is 10.8 Å². The van der Waals surface area contributed by atoms with Gasteiger partial charge in [0.25, 0.3) is 0 Å². The van der Waals surface area contributed by atoms with Gasteiger partial charge >= 0.3 is 5.97 Å². The van der Waals surface area contributed by atoms with E-state index in [-0.39, 0.29) is 5.97 Å². The number of benzene rings is 3. The van der Waals surface area contributed by atoms with Crippen LogP contribution in [-0.2, 0) is 4.74 Å². The Morgan fingerprint density at radius 1 is 0.750 bits per heavy atom. The second-order valence-electron chi connectivity index (χ2n) is 6.62. The number of ether oxygens (including phenoxy) is 1. The Labute approximate surface area is 141 Å². The summed E-state index contributed by atoms with van der Waals surface area (Å²) in [5.41, 5.74) is 3.03. The maximum absolute atomic E-state index is 12.5. The van der Waals surface area contributed by atoms with Gasteiger partial charge in [-0.3, -0.25) is 0 Å². The summed E-state index contributed by atoms with van der Waals surface area (Å²) < 4.78 is 5.67. The number of hydrogen-bond acceptors (Lipinski definition) is 2. The van der Waals surface area contributed by atoms with Crippen LogP contribution in [-0.4, -0.2) is 11.6 Å². The number of esters is 1. The Morgan fingerprint density at radius 3 is 2.21 bits per heavy atom. The van der Waals surface area contributed by atoms with Gasteiger partial charge in [-0.15, -0.1) is 0 Å². The van der Waals surface area contributed by atoms with Gasteiger partial charge in [-0.2, -0.15) is 0 Å². The number of carbonyl (C=O) groups is 1. The molecule has 0 N–H and O–H groups in total. The minimum Gasteiger partial charge on any atom is -0.452 e. The quantitative estimate of drug-likeness (QED) is 0.576. The highest BCUT2D eigenvalue weighted by Crippen LogP contribution is 2.36. The number of fused-ring (bicyclic) bond motifs is 2. The van der Waals surface area contributed by atoms with Crippen LogP contribution in [0.1, 0.15) is 35.3 Å². The number of carbonyl (C=O) groups excluding carboxylic acids is 1. The summed E-state index contributed by atoms with van der Waals surface area (Å²) in [4.78, 5) is 12.5. The lowest BCUT2D eigenvalue weighted by Gasteiger charge is -2.20. The van der Waals surface area contributed by atoms with Gasteiger partial charge < -0.3 is 4.74 Å². The Kier molecular flexibility index (Phi) is 3.27. The van der Waals surface area contributed by atoms with Gasteiger partial charge in [-0.25, -0.2) is 4.79 Å². The summed E-state index contributed by atoms with van der Waals surface area (Å²) in [5.74, 6) is -0.276. The van der Waals surface area contributed by atoms with Crippen molar-refractivity contribution < 1.29 is 9.53 Å². The van der Waals surface area contributed by atoms with Crippen molar-refractivity contribution in [2.45, 2.75) is 19.4 Å². The molecule has 2 nitrogen and oxygen atoms in total. The monoisotopic (exact) mass is 314 g/mol. The molecule has 2 heteroatoms. The molecule has 0 amide bonds. The number of hydrogen-bond donors (Lipinski definition) is 0. The predicted molar refractivity (Wildman–Crippen MR) is 97.0 cm³/mol. The molecule has 0 aliphatic carbocycles. The van der Waals surface area contributed by atoms with Crippen LogP contribution in [0, 0.1) is 0 Å². The zero-order chi connectivity index (χ0) is 16.7. The number of cyclic esters (lactones) is 1. The highest BCUT2D eigenvalue weighted by Gasteiger charge is 2.29. The second-order valence-corrected chi connectivity index (χ2v) is 6.62. The summed E-state index contributed by atoms with van der Waals surface area (Å²) in [7, 11) is 0. The highest BCUT2D eigenvalue weighted by atomic mass is 16.6. The Bertz CT molecular complexity index is 975. The van der Waals surface area contributed by atoms with Gasteiger partial charge in [0, 0.05) is 0 Å². The molecule has 4 rings (SSSR count). The van der Waals surface area contributed by atoms with Crippen LogP contribution in [0.15, 0.2) is 72.8 Å². The van der Waals surface area contributed by atoms with Crippen molar-refractivity contribution in [3.05, 3.63) is 89.5 Å². The van der Waals surface area contributed by atoms with E-state index in [1.807, 2.05) is 50.2 Å². The minimum absolute atomic E-state index is 0.276. The summed E-state index contributed by atoms with van der Waals surface area (Å²) in [6.45, 7) is 3.84. The molecule has 0 radical (unpaired) electrons. The van der Waals surface area contributed by atoms with Crippen LogP contribution in [0.25, 0.3) is 16.3 Å². The zero-order valence-corrected chi connectivity index (χ0v) is 13.7. The third kappa shape index (κ3) is 2.41. The smallest absolute Gasteiger partial charge is 0.339 e. The molecule has 0 bridgehead atoms. The summed E-state index contributed by atoms with van der Waals surface area (Å²) in [5, 5.41) is 2.36. The van der Waals surface area contributed by atoms with Crippen LogP contribution < -0.4 is 0 Å². The number of rotatable bonds is 1.